The number of nitrogens with zero attached hydrogens (tertiary/aromatic N) is 2. The van der Waals surface area contributed by atoms with Gasteiger partial charge in [0.25, 0.3) is 0 Å². The van der Waals surface area contributed by atoms with Crippen LogP contribution in [0.3, 0.4) is 0 Å². The number of rotatable bonds is 5. The Kier molecular flexibility index (Phi) is 4.49. The molecule has 4 rings (SSSR count). The van der Waals surface area contributed by atoms with Gasteiger partial charge in [0.15, 0.2) is 0 Å². The number of aromatic nitrogens is 2. The van der Waals surface area contributed by atoms with Gasteiger partial charge in [-0.05, 0) is 37.5 Å². The number of nitrogens with one attached hydrogen (secondary N) is 1. The molecule has 1 aliphatic carbocycles. The van der Waals surface area contributed by atoms with Gasteiger partial charge in [0.05, 0.1) is 11.0 Å². The predicted octanol–water partition coefficient (Wildman–Crippen LogP) is 3.97. The summed E-state index contributed by atoms with van der Waals surface area (Å²) in [5, 5.41) is 3.21. The van der Waals surface area contributed by atoms with E-state index in [-0.39, 0.29) is 11.3 Å². The smallest absolute Gasteiger partial charge is 0.240 e. The van der Waals surface area contributed by atoms with E-state index in [2.05, 4.69) is 40.6 Å². The number of benzene rings is 2. The summed E-state index contributed by atoms with van der Waals surface area (Å²) in [5.41, 5.74) is 3.39. The largest absolute Gasteiger partial charge is 0.354 e. The van der Waals surface area contributed by atoms with E-state index in [0.29, 0.717) is 13.1 Å². The maximum Gasteiger partial charge on any atom is 0.240 e. The van der Waals surface area contributed by atoms with Crippen molar-refractivity contribution in [2.75, 3.05) is 6.54 Å². The molecule has 0 radical (unpaired) electrons. The second-order valence-electron chi connectivity index (χ2n) is 7.36. The molecule has 1 amide bonds. The second kappa shape index (κ2) is 6.94. The topological polar surface area (TPSA) is 46.9 Å². The second-order valence-corrected chi connectivity index (χ2v) is 7.36. The molecule has 4 nitrogen and oxygen atoms in total. The highest BCUT2D eigenvalue weighted by atomic mass is 16.1. The summed E-state index contributed by atoms with van der Waals surface area (Å²) in [4.78, 5) is 17.2. The molecule has 26 heavy (non-hydrogen) atoms. The monoisotopic (exact) mass is 347 g/mol. The van der Waals surface area contributed by atoms with Crippen LogP contribution in [-0.2, 0) is 16.8 Å². The molecule has 134 valence electrons. The van der Waals surface area contributed by atoms with Crippen LogP contribution in [-0.4, -0.2) is 22.0 Å². The van der Waals surface area contributed by atoms with Crippen molar-refractivity contribution in [2.45, 2.75) is 44.6 Å². The van der Waals surface area contributed by atoms with Crippen molar-refractivity contribution in [3.8, 4) is 0 Å². The van der Waals surface area contributed by atoms with Gasteiger partial charge in [0.2, 0.25) is 5.91 Å². The molecule has 1 aliphatic rings. The van der Waals surface area contributed by atoms with E-state index in [1.807, 2.05) is 35.8 Å². The molecule has 1 saturated carbocycles. The van der Waals surface area contributed by atoms with Crippen LogP contribution >= 0.6 is 0 Å². The normalized spacial score (nSPS) is 16.0. The number of hydrogen-bond acceptors (Lipinski definition) is 2. The molecule has 0 bridgehead atoms. The van der Waals surface area contributed by atoms with Gasteiger partial charge in [0, 0.05) is 12.0 Å². The third-order valence-electron chi connectivity index (χ3n) is 5.72. The number of imidazole rings is 1. The van der Waals surface area contributed by atoms with Crippen molar-refractivity contribution in [1.29, 1.82) is 0 Å². The Morgan fingerprint density at radius 1 is 1.08 bits per heavy atom. The highest BCUT2D eigenvalue weighted by Gasteiger charge is 2.35. The van der Waals surface area contributed by atoms with Crippen LogP contribution in [0.15, 0.2) is 54.6 Å². The molecule has 0 saturated heterocycles. The molecule has 4 heteroatoms. The number of fused-ring (bicyclic) bond motifs is 1. The van der Waals surface area contributed by atoms with Crippen LogP contribution in [0.25, 0.3) is 11.0 Å². The zero-order chi connectivity index (χ0) is 18.0. The molecule has 2 aromatic carbocycles. The Bertz CT molecular complexity index is 908. The predicted molar refractivity (Wildman–Crippen MR) is 104 cm³/mol. The Hall–Kier alpha value is -2.62. The third kappa shape index (κ3) is 3.12. The van der Waals surface area contributed by atoms with Gasteiger partial charge in [-0.3, -0.25) is 4.79 Å². The van der Waals surface area contributed by atoms with Crippen molar-refractivity contribution in [1.82, 2.24) is 14.9 Å². The standard InChI is InChI=1S/C22H25N3O/c1-17-24-19-11-5-6-12-20(19)25(17)15-21(26)23-16-22(13-7-8-14-22)18-9-3-2-4-10-18/h2-6,9-12H,7-8,13-16H2,1H3,(H,23,26). The number of aryl methyl sites for hydroxylation is 1. The summed E-state index contributed by atoms with van der Waals surface area (Å²) in [6, 6.07) is 18.6. The molecule has 0 spiro atoms. The Morgan fingerprint density at radius 2 is 1.77 bits per heavy atom. The minimum atomic E-state index is 0.0541. The zero-order valence-electron chi connectivity index (χ0n) is 15.2. The first kappa shape index (κ1) is 16.8. The fourth-order valence-electron chi connectivity index (χ4n) is 4.27. The molecule has 3 aromatic rings. The van der Waals surface area contributed by atoms with Gasteiger partial charge in [-0.2, -0.15) is 0 Å². The van der Waals surface area contributed by atoms with Gasteiger partial charge < -0.3 is 9.88 Å². The number of carbonyl (C=O) groups excluding carboxylic acids is 1. The summed E-state index contributed by atoms with van der Waals surface area (Å²) in [5.74, 6) is 0.929. The van der Waals surface area contributed by atoms with E-state index in [9.17, 15) is 4.79 Å². The molecular weight excluding hydrogens is 322 g/mol. The van der Waals surface area contributed by atoms with E-state index in [4.69, 9.17) is 0 Å². The van der Waals surface area contributed by atoms with Crippen LogP contribution in [0.5, 0.6) is 0 Å². The fraction of sp³-hybridized carbons (Fsp3) is 0.364. The minimum absolute atomic E-state index is 0.0541. The van der Waals surface area contributed by atoms with Crippen LogP contribution in [0.4, 0.5) is 0 Å². The molecule has 0 aliphatic heterocycles. The van der Waals surface area contributed by atoms with Crippen LogP contribution in [0.1, 0.15) is 37.1 Å². The third-order valence-corrected chi connectivity index (χ3v) is 5.72. The van der Waals surface area contributed by atoms with Gasteiger partial charge >= 0.3 is 0 Å². The number of carbonyl (C=O) groups is 1. The molecule has 1 fully saturated rings. The molecule has 1 heterocycles. The van der Waals surface area contributed by atoms with Gasteiger partial charge in [-0.25, -0.2) is 4.98 Å². The lowest BCUT2D eigenvalue weighted by Crippen LogP contribution is -2.40. The molecule has 1 N–H and O–H groups in total. The molecule has 1 aromatic heterocycles. The SMILES string of the molecule is Cc1nc2ccccc2n1CC(=O)NCC1(c2ccccc2)CCCC1. The lowest BCUT2D eigenvalue weighted by atomic mass is 9.79. The summed E-state index contributed by atoms with van der Waals surface area (Å²) < 4.78 is 1.99. The van der Waals surface area contributed by atoms with Crippen LogP contribution < -0.4 is 5.32 Å². The summed E-state index contributed by atoms with van der Waals surface area (Å²) >= 11 is 0. The van der Waals surface area contributed by atoms with Gasteiger partial charge in [-0.15, -0.1) is 0 Å². The van der Waals surface area contributed by atoms with Gasteiger partial charge in [-0.1, -0.05) is 55.3 Å². The highest BCUT2D eigenvalue weighted by molar-refractivity contribution is 5.81. The first-order chi connectivity index (χ1) is 12.7. The van der Waals surface area contributed by atoms with Crippen molar-refractivity contribution >= 4 is 16.9 Å². The van der Waals surface area contributed by atoms with Crippen molar-refractivity contribution < 1.29 is 4.79 Å². The summed E-state index contributed by atoms with van der Waals surface area (Å²) in [6.07, 6.45) is 4.75. The molecular formula is C22H25N3O. The minimum Gasteiger partial charge on any atom is -0.354 e. The Balaban J connectivity index is 1.49. The van der Waals surface area contributed by atoms with Crippen LogP contribution in [0.2, 0.25) is 0 Å². The molecule has 0 atom stereocenters. The lowest BCUT2D eigenvalue weighted by molar-refractivity contribution is -0.121. The first-order valence-corrected chi connectivity index (χ1v) is 9.42. The highest BCUT2D eigenvalue weighted by Crippen LogP contribution is 2.40. The first-order valence-electron chi connectivity index (χ1n) is 9.42. The number of para-hydroxylation sites is 2. The quantitative estimate of drug-likeness (QED) is 0.759. The van der Waals surface area contributed by atoms with E-state index >= 15 is 0 Å². The van der Waals surface area contributed by atoms with Crippen LogP contribution in [0, 0.1) is 6.92 Å². The van der Waals surface area contributed by atoms with Crippen molar-refractivity contribution in [2.24, 2.45) is 0 Å². The Labute approximate surface area is 154 Å². The average Bonchev–Trinajstić information content (AvgIpc) is 3.27. The van der Waals surface area contributed by atoms with Crippen molar-refractivity contribution in [3.63, 3.8) is 0 Å². The lowest BCUT2D eigenvalue weighted by Gasteiger charge is -2.30. The van der Waals surface area contributed by atoms with Crippen molar-refractivity contribution in [3.05, 3.63) is 66.0 Å². The van der Waals surface area contributed by atoms with E-state index in [1.165, 1.54) is 18.4 Å². The van der Waals surface area contributed by atoms with E-state index in [0.717, 1.165) is 29.7 Å². The van der Waals surface area contributed by atoms with E-state index in [1.54, 1.807) is 0 Å². The van der Waals surface area contributed by atoms with E-state index < -0.39 is 0 Å². The number of hydrogen-bond donors (Lipinski definition) is 1. The van der Waals surface area contributed by atoms with Gasteiger partial charge in [0.1, 0.15) is 12.4 Å². The molecule has 0 unspecified atom stereocenters. The summed E-state index contributed by atoms with van der Waals surface area (Å²) in [6.45, 7) is 2.98. The maximum absolute atomic E-state index is 12.7. The zero-order valence-corrected chi connectivity index (χ0v) is 15.2. The summed E-state index contributed by atoms with van der Waals surface area (Å²) in [7, 11) is 0. The average molecular weight is 347 g/mol. The maximum atomic E-state index is 12.7. The Morgan fingerprint density at radius 3 is 2.54 bits per heavy atom. The number of amides is 1. The fourth-order valence-corrected chi connectivity index (χ4v) is 4.27.